The van der Waals surface area contributed by atoms with E-state index in [1.807, 2.05) is 6.08 Å². The third kappa shape index (κ3) is 1.73. The van der Waals surface area contributed by atoms with E-state index in [4.69, 9.17) is 22.2 Å². The molecule has 1 aromatic heterocycles. The number of primary amides is 1. The minimum Gasteiger partial charge on any atom is -0.408 e. The van der Waals surface area contributed by atoms with Crippen LogP contribution in [0.1, 0.15) is 20.8 Å². The Kier molecular flexibility index (Phi) is 2.68. The SMILES string of the molecule is Cc1c(C(N)=O)sc(Cl)c1C1=CCNO1. The van der Waals surface area contributed by atoms with E-state index in [1.165, 1.54) is 11.3 Å². The molecule has 0 aromatic carbocycles. The molecule has 0 saturated carbocycles. The van der Waals surface area contributed by atoms with Crippen molar-refractivity contribution in [1.29, 1.82) is 0 Å². The van der Waals surface area contributed by atoms with Gasteiger partial charge < -0.3 is 10.6 Å². The summed E-state index contributed by atoms with van der Waals surface area (Å²) in [5.74, 6) is 0.193. The molecule has 0 spiro atoms. The highest BCUT2D eigenvalue weighted by Gasteiger charge is 2.22. The maximum Gasteiger partial charge on any atom is 0.259 e. The first kappa shape index (κ1) is 10.5. The standard InChI is InChI=1S/C9H9ClN2O2S/c1-4-6(5-2-3-12-14-5)8(10)15-7(4)9(11)13/h2,12H,3H2,1H3,(H2,11,13). The Morgan fingerprint density at radius 1 is 1.73 bits per heavy atom. The Labute approximate surface area is 95.6 Å². The maximum absolute atomic E-state index is 11.1. The lowest BCUT2D eigenvalue weighted by Gasteiger charge is -2.02. The van der Waals surface area contributed by atoms with Crippen molar-refractivity contribution in [2.75, 3.05) is 6.54 Å². The van der Waals surface area contributed by atoms with Crippen LogP contribution in [0.4, 0.5) is 0 Å². The zero-order valence-electron chi connectivity index (χ0n) is 7.96. The number of nitrogens with two attached hydrogens (primary N) is 1. The Morgan fingerprint density at radius 3 is 2.93 bits per heavy atom. The van der Waals surface area contributed by atoms with Crippen LogP contribution in [0.25, 0.3) is 5.76 Å². The molecule has 0 saturated heterocycles. The lowest BCUT2D eigenvalue weighted by atomic mass is 10.1. The maximum atomic E-state index is 11.1. The third-order valence-corrected chi connectivity index (χ3v) is 3.64. The summed E-state index contributed by atoms with van der Waals surface area (Å²) in [5.41, 5.74) is 9.45. The average Bonchev–Trinajstić information content (AvgIpc) is 2.73. The van der Waals surface area contributed by atoms with Crippen molar-refractivity contribution in [3.63, 3.8) is 0 Å². The first-order chi connectivity index (χ1) is 7.11. The summed E-state index contributed by atoms with van der Waals surface area (Å²) in [6.45, 7) is 2.44. The van der Waals surface area contributed by atoms with Gasteiger partial charge in [-0.15, -0.1) is 11.3 Å². The van der Waals surface area contributed by atoms with E-state index in [1.54, 1.807) is 6.92 Å². The Balaban J connectivity index is 2.52. The molecule has 1 aromatic rings. The molecule has 1 aliphatic rings. The number of carbonyl (C=O) groups excluding carboxylic acids is 1. The van der Waals surface area contributed by atoms with Gasteiger partial charge in [-0.25, -0.2) is 0 Å². The first-order valence-corrected chi connectivity index (χ1v) is 5.49. The van der Waals surface area contributed by atoms with E-state index in [9.17, 15) is 4.79 Å². The van der Waals surface area contributed by atoms with E-state index >= 15 is 0 Å². The van der Waals surface area contributed by atoms with Gasteiger partial charge in [-0.3, -0.25) is 4.79 Å². The summed E-state index contributed by atoms with van der Waals surface area (Å²) in [7, 11) is 0. The molecule has 2 rings (SSSR count). The minimum absolute atomic E-state index is 0.461. The number of thiophene rings is 1. The van der Waals surface area contributed by atoms with Crippen molar-refractivity contribution in [2.24, 2.45) is 5.73 Å². The lowest BCUT2D eigenvalue weighted by Crippen LogP contribution is -2.10. The highest BCUT2D eigenvalue weighted by molar-refractivity contribution is 7.18. The van der Waals surface area contributed by atoms with Crippen LogP contribution in [0, 0.1) is 6.92 Å². The number of hydroxylamine groups is 1. The normalized spacial score (nSPS) is 14.9. The molecule has 3 N–H and O–H groups in total. The van der Waals surface area contributed by atoms with Gasteiger partial charge in [0.1, 0.15) is 4.34 Å². The molecule has 0 radical (unpaired) electrons. The van der Waals surface area contributed by atoms with Crippen molar-refractivity contribution in [3.05, 3.63) is 26.4 Å². The molecule has 1 aliphatic heterocycles. The number of nitrogens with one attached hydrogen (secondary N) is 1. The number of hydrogen-bond acceptors (Lipinski definition) is 4. The fourth-order valence-corrected chi connectivity index (χ4v) is 2.80. The van der Waals surface area contributed by atoms with Crippen molar-refractivity contribution in [2.45, 2.75) is 6.92 Å². The van der Waals surface area contributed by atoms with Gasteiger partial charge in [-0.05, 0) is 18.6 Å². The smallest absolute Gasteiger partial charge is 0.259 e. The summed E-state index contributed by atoms with van der Waals surface area (Å²) in [4.78, 5) is 16.8. The summed E-state index contributed by atoms with van der Waals surface area (Å²) >= 11 is 7.21. The second-order valence-corrected chi connectivity index (χ2v) is 4.71. The Morgan fingerprint density at radius 2 is 2.47 bits per heavy atom. The molecule has 0 fully saturated rings. The van der Waals surface area contributed by atoms with E-state index in [2.05, 4.69) is 5.48 Å². The Bertz CT molecular complexity index is 453. The van der Waals surface area contributed by atoms with Crippen molar-refractivity contribution in [1.82, 2.24) is 5.48 Å². The molecule has 15 heavy (non-hydrogen) atoms. The Hall–Kier alpha value is -1.04. The van der Waals surface area contributed by atoms with Crippen molar-refractivity contribution >= 4 is 34.6 Å². The molecule has 6 heteroatoms. The topological polar surface area (TPSA) is 64.4 Å². The fourth-order valence-electron chi connectivity index (χ4n) is 1.44. The first-order valence-electron chi connectivity index (χ1n) is 4.30. The number of halogens is 1. The summed E-state index contributed by atoms with van der Waals surface area (Å²) < 4.78 is 0.524. The summed E-state index contributed by atoms with van der Waals surface area (Å²) in [5, 5.41) is 0. The largest absolute Gasteiger partial charge is 0.408 e. The van der Waals surface area contributed by atoms with E-state index in [0.29, 0.717) is 21.5 Å². The highest BCUT2D eigenvalue weighted by Crippen LogP contribution is 2.37. The van der Waals surface area contributed by atoms with Gasteiger partial charge in [0.25, 0.3) is 5.91 Å². The second-order valence-electron chi connectivity index (χ2n) is 3.09. The van der Waals surface area contributed by atoms with Crippen molar-refractivity contribution < 1.29 is 9.63 Å². The van der Waals surface area contributed by atoms with E-state index < -0.39 is 5.91 Å². The highest BCUT2D eigenvalue weighted by atomic mass is 35.5. The molecular formula is C9H9ClN2O2S. The van der Waals surface area contributed by atoms with Crippen molar-refractivity contribution in [3.8, 4) is 0 Å². The van der Waals surface area contributed by atoms with Crippen LogP contribution in [0.2, 0.25) is 4.34 Å². The monoisotopic (exact) mass is 244 g/mol. The molecule has 0 atom stereocenters. The third-order valence-electron chi connectivity index (χ3n) is 2.13. The molecule has 4 nitrogen and oxygen atoms in total. The molecular weight excluding hydrogens is 236 g/mol. The molecule has 0 unspecified atom stereocenters. The number of carbonyl (C=O) groups is 1. The molecule has 80 valence electrons. The number of amides is 1. The number of rotatable bonds is 2. The molecule has 0 aliphatic carbocycles. The zero-order valence-corrected chi connectivity index (χ0v) is 9.54. The van der Waals surface area contributed by atoms with Crippen LogP contribution in [-0.4, -0.2) is 12.5 Å². The van der Waals surface area contributed by atoms with E-state index in [0.717, 1.165) is 11.1 Å². The quantitative estimate of drug-likeness (QED) is 0.832. The fraction of sp³-hybridized carbons (Fsp3) is 0.222. The van der Waals surface area contributed by atoms with Crippen LogP contribution in [0.5, 0.6) is 0 Å². The van der Waals surface area contributed by atoms with Crippen LogP contribution in [0.3, 0.4) is 0 Å². The predicted octanol–water partition coefficient (Wildman–Crippen LogP) is 1.68. The number of hydrogen-bond donors (Lipinski definition) is 2. The minimum atomic E-state index is -0.461. The molecule has 0 bridgehead atoms. The van der Waals surface area contributed by atoms with Crippen LogP contribution < -0.4 is 11.2 Å². The van der Waals surface area contributed by atoms with Gasteiger partial charge in [0.2, 0.25) is 0 Å². The molecule has 2 heterocycles. The van der Waals surface area contributed by atoms with Crippen LogP contribution >= 0.6 is 22.9 Å². The average molecular weight is 245 g/mol. The van der Waals surface area contributed by atoms with Gasteiger partial charge in [0, 0.05) is 0 Å². The molecule has 1 amide bonds. The van der Waals surface area contributed by atoms with Crippen LogP contribution in [-0.2, 0) is 4.84 Å². The predicted molar refractivity (Wildman–Crippen MR) is 59.6 cm³/mol. The zero-order chi connectivity index (χ0) is 11.0. The van der Waals surface area contributed by atoms with Gasteiger partial charge in [0.15, 0.2) is 5.76 Å². The van der Waals surface area contributed by atoms with Crippen LogP contribution in [0.15, 0.2) is 6.08 Å². The summed E-state index contributed by atoms with van der Waals surface area (Å²) in [6, 6.07) is 0. The lowest BCUT2D eigenvalue weighted by molar-refractivity contribution is 0.100. The van der Waals surface area contributed by atoms with Gasteiger partial charge in [-0.1, -0.05) is 11.6 Å². The van der Waals surface area contributed by atoms with Gasteiger partial charge >= 0.3 is 0 Å². The van der Waals surface area contributed by atoms with E-state index in [-0.39, 0.29) is 0 Å². The second kappa shape index (κ2) is 3.84. The summed E-state index contributed by atoms with van der Waals surface area (Å²) in [6.07, 6.45) is 1.87. The van der Waals surface area contributed by atoms with Gasteiger partial charge in [0.05, 0.1) is 17.0 Å². The van der Waals surface area contributed by atoms with Gasteiger partial charge in [-0.2, -0.15) is 5.48 Å².